The molecule has 0 aliphatic heterocycles. The third-order valence-corrected chi connectivity index (χ3v) is 10.7. The van der Waals surface area contributed by atoms with Crippen LogP contribution < -0.4 is 0 Å². The maximum atomic E-state index is 6.13. The molecule has 0 atom stereocenters. The molecule has 10 rings (SSSR count). The molecule has 0 unspecified atom stereocenters. The van der Waals surface area contributed by atoms with Gasteiger partial charge in [-0.25, -0.2) is 0 Å². The van der Waals surface area contributed by atoms with Gasteiger partial charge in [-0.05, 0) is 106 Å². The number of hydrogen-bond donors (Lipinski definition) is 0. The number of para-hydroxylation sites is 1. The minimum atomic E-state index is 0. The molecule has 0 spiro atoms. The number of fused-ring (bicyclic) bond motifs is 5. The molecular formula is C54H40IrN2O-2. The summed E-state index contributed by atoms with van der Waals surface area (Å²) in [7, 11) is 0. The second kappa shape index (κ2) is 16.6. The summed E-state index contributed by atoms with van der Waals surface area (Å²) in [5.41, 5.74) is 17.9. The second-order valence-corrected chi connectivity index (χ2v) is 14.7. The smallest absolute Gasteiger partial charge is 0.136 e. The van der Waals surface area contributed by atoms with Crippen LogP contribution in [-0.2, 0) is 20.1 Å². The van der Waals surface area contributed by atoms with E-state index in [-0.39, 0.29) is 20.1 Å². The molecule has 58 heavy (non-hydrogen) atoms. The molecule has 3 heterocycles. The molecule has 7 aromatic carbocycles. The van der Waals surface area contributed by atoms with Crippen LogP contribution in [0.5, 0.6) is 0 Å². The van der Waals surface area contributed by atoms with Gasteiger partial charge < -0.3 is 14.4 Å². The van der Waals surface area contributed by atoms with Crippen LogP contribution in [0, 0.1) is 39.8 Å². The van der Waals surface area contributed by atoms with Crippen molar-refractivity contribution in [1.82, 2.24) is 9.97 Å². The van der Waals surface area contributed by atoms with Gasteiger partial charge in [-0.3, -0.25) is 0 Å². The Kier molecular flexibility index (Phi) is 11.0. The molecule has 0 bridgehead atoms. The summed E-state index contributed by atoms with van der Waals surface area (Å²) in [5.74, 6) is 0. The second-order valence-electron chi connectivity index (χ2n) is 14.7. The normalized spacial score (nSPS) is 11.0. The van der Waals surface area contributed by atoms with Crippen LogP contribution >= 0.6 is 0 Å². The van der Waals surface area contributed by atoms with Gasteiger partial charge in [0, 0.05) is 43.3 Å². The minimum Gasteiger partial charge on any atom is -0.456 e. The number of aryl methyl sites for hydroxylation is 4. The van der Waals surface area contributed by atoms with E-state index >= 15 is 0 Å². The van der Waals surface area contributed by atoms with E-state index in [1.165, 1.54) is 66.2 Å². The van der Waals surface area contributed by atoms with Gasteiger partial charge in [-0.2, -0.15) is 0 Å². The molecule has 0 saturated carbocycles. The number of hydrogen-bond acceptors (Lipinski definition) is 3. The predicted octanol–water partition coefficient (Wildman–Crippen LogP) is 14.4. The summed E-state index contributed by atoms with van der Waals surface area (Å²) in [5, 5.41) is 4.72. The van der Waals surface area contributed by atoms with Crippen molar-refractivity contribution in [2.24, 2.45) is 0 Å². The van der Waals surface area contributed by atoms with Crippen molar-refractivity contribution in [1.29, 1.82) is 0 Å². The Morgan fingerprint density at radius 1 is 0.483 bits per heavy atom. The van der Waals surface area contributed by atoms with Crippen LogP contribution in [0.3, 0.4) is 0 Å². The summed E-state index contributed by atoms with van der Waals surface area (Å²) in [6, 6.07) is 61.5. The quantitative estimate of drug-likeness (QED) is 0.161. The predicted molar refractivity (Wildman–Crippen MR) is 237 cm³/mol. The molecule has 4 heteroatoms. The van der Waals surface area contributed by atoms with E-state index in [9.17, 15) is 0 Å². The molecule has 0 N–H and O–H groups in total. The number of aromatic nitrogens is 2. The number of benzene rings is 7. The van der Waals surface area contributed by atoms with Gasteiger partial charge >= 0.3 is 0 Å². The molecule has 283 valence electrons. The standard InChI is InChI=1S/C35H24NO.C19H16N.Ir/c1-22-8-5-9-23(2)34(22)26-18-19-36-31(21-26)25-11-6-10-24(20-25)27-13-7-14-29-28(27)16-17-33-35(29)30-12-3-4-15-32(30)37-33;1-14-8-10-17(11-9-14)19-12-18(15(2)13-20-19)16-6-4-3-5-7-16;/h3-10,12-21H,1-2H3;3-10,12-13H,1-2H3;/q2*-1;. The number of pyridine rings is 2. The van der Waals surface area contributed by atoms with Gasteiger partial charge in [0.1, 0.15) is 11.2 Å². The fraction of sp³-hybridized carbons (Fsp3) is 0.0741. The van der Waals surface area contributed by atoms with Crippen molar-refractivity contribution < 1.29 is 24.5 Å². The summed E-state index contributed by atoms with van der Waals surface area (Å²) in [4.78, 5) is 9.25. The Hall–Kier alpha value is -6.45. The van der Waals surface area contributed by atoms with Gasteiger partial charge in [0.2, 0.25) is 0 Å². The summed E-state index contributed by atoms with van der Waals surface area (Å²) < 4.78 is 6.13. The van der Waals surface area contributed by atoms with Gasteiger partial charge in [0.25, 0.3) is 0 Å². The Balaban J connectivity index is 0.000000190. The fourth-order valence-corrected chi connectivity index (χ4v) is 7.88. The van der Waals surface area contributed by atoms with Crippen LogP contribution in [0.2, 0.25) is 0 Å². The van der Waals surface area contributed by atoms with Crippen molar-refractivity contribution >= 4 is 32.7 Å². The first-order chi connectivity index (χ1) is 27.9. The zero-order valence-corrected chi connectivity index (χ0v) is 35.2. The van der Waals surface area contributed by atoms with E-state index in [4.69, 9.17) is 9.40 Å². The molecule has 0 aliphatic carbocycles. The molecule has 3 nitrogen and oxygen atoms in total. The average Bonchev–Trinajstić information content (AvgIpc) is 3.64. The number of rotatable bonds is 5. The van der Waals surface area contributed by atoms with E-state index in [1.807, 2.05) is 42.7 Å². The first-order valence-corrected chi connectivity index (χ1v) is 19.3. The summed E-state index contributed by atoms with van der Waals surface area (Å²) >= 11 is 0. The third-order valence-electron chi connectivity index (χ3n) is 10.7. The Morgan fingerprint density at radius 3 is 2.05 bits per heavy atom. The zero-order chi connectivity index (χ0) is 38.9. The van der Waals surface area contributed by atoms with Crippen LogP contribution in [0.1, 0.15) is 22.3 Å². The Labute approximate surface area is 353 Å². The molecular weight excluding hydrogens is 885 g/mol. The monoisotopic (exact) mass is 925 g/mol. The third kappa shape index (κ3) is 7.53. The molecule has 3 aromatic heterocycles. The van der Waals surface area contributed by atoms with Crippen molar-refractivity contribution in [2.45, 2.75) is 27.7 Å². The maximum absolute atomic E-state index is 6.13. The molecule has 0 aliphatic rings. The number of furan rings is 1. The van der Waals surface area contributed by atoms with Gasteiger partial charge in [0.05, 0.1) is 0 Å². The largest absolute Gasteiger partial charge is 0.456 e. The van der Waals surface area contributed by atoms with Crippen LogP contribution in [0.25, 0.3) is 88.6 Å². The van der Waals surface area contributed by atoms with Crippen LogP contribution in [0.4, 0.5) is 0 Å². The fourth-order valence-electron chi connectivity index (χ4n) is 7.88. The minimum absolute atomic E-state index is 0. The topological polar surface area (TPSA) is 38.9 Å². The summed E-state index contributed by atoms with van der Waals surface area (Å²) in [6.45, 7) is 8.49. The van der Waals surface area contributed by atoms with Gasteiger partial charge in [-0.1, -0.05) is 110 Å². The van der Waals surface area contributed by atoms with E-state index < -0.39 is 0 Å². The van der Waals surface area contributed by atoms with Crippen LogP contribution in [-0.4, -0.2) is 9.97 Å². The Bertz CT molecular complexity index is 3040. The number of nitrogens with zero attached hydrogens (tertiary/aromatic N) is 2. The van der Waals surface area contributed by atoms with Crippen LogP contribution in [0.15, 0.2) is 175 Å². The molecule has 0 saturated heterocycles. The first-order valence-electron chi connectivity index (χ1n) is 19.3. The average molecular weight is 925 g/mol. The van der Waals surface area contributed by atoms with Crippen molar-refractivity contribution in [2.75, 3.05) is 0 Å². The van der Waals surface area contributed by atoms with Gasteiger partial charge in [0.15, 0.2) is 0 Å². The molecule has 0 amide bonds. The maximum Gasteiger partial charge on any atom is 0.136 e. The Morgan fingerprint density at radius 2 is 1.24 bits per heavy atom. The van der Waals surface area contributed by atoms with E-state index in [0.29, 0.717) is 0 Å². The summed E-state index contributed by atoms with van der Waals surface area (Å²) in [6.07, 6.45) is 3.83. The SMILES string of the molecule is Cc1c[c-]c(-c2cc(-c3ccccc3)c(C)cn2)cc1.Cc1cccc(C)c1-c1ccnc(-c2[c-]ccc(-c3cccc4c3ccc3oc5ccccc5c34)c2)c1.[Ir]. The molecule has 1 radical (unpaired) electrons. The van der Waals surface area contributed by atoms with E-state index in [1.54, 1.807) is 0 Å². The van der Waals surface area contributed by atoms with Gasteiger partial charge in [-0.15, -0.1) is 70.8 Å². The zero-order valence-electron chi connectivity index (χ0n) is 32.8. The van der Waals surface area contributed by atoms with Crippen molar-refractivity contribution in [3.05, 3.63) is 205 Å². The van der Waals surface area contributed by atoms with E-state index in [0.717, 1.165) is 44.6 Å². The molecule has 0 fully saturated rings. The van der Waals surface area contributed by atoms with Crippen molar-refractivity contribution in [3.8, 4) is 55.9 Å². The first kappa shape index (κ1) is 38.4. The molecule has 10 aromatic rings. The van der Waals surface area contributed by atoms with E-state index in [2.05, 4.69) is 172 Å². The van der Waals surface area contributed by atoms with Crippen molar-refractivity contribution in [3.63, 3.8) is 0 Å².